The molecule has 0 saturated heterocycles. The van der Waals surface area contributed by atoms with Crippen LogP contribution >= 0.6 is 0 Å². The monoisotopic (exact) mass is 280 g/mol. The van der Waals surface area contributed by atoms with Crippen LogP contribution in [0.3, 0.4) is 0 Å². The lowest BCUT2D eigenvalue weighted by Gasteiger charge is -2.25. The standard InChI is InChI=1S/C12H19F3N2O2/c1-17(2)7-3-4-10(18)16-9-5-6-11(19,8-9)12(13,14)15/h3-4,9,19H,5-8H2,1-2H3,(H,16,18)/b4-3+. The number of halogens is 3. The Hall–Kier alpha value is -1.08. The number of aliphatic hydroxyl groups is 1. The SMILES string of the molecule is CN(C)C/C=C/C(=O)NC1CCC(O)(C(F)(F)F)C1. The average Bonchev–Trinajstić information content (AvgIpc) is 2.60. The second-order valence-corrected chi connectivity index (χ2v) is 5.14. The third-order valence-corrected chi connectivity index (χ3v) is 3.10. The Kier molecular flexibility index (Phi) is 4.98. The van der Waals surface area contributed by atoms with Crippen molar-refractivity contribution in [2.75, 3.05) is 20.6 Å². The van der Waals surface area contributed by atoms with E-state index >= 15 is 0 Å². The minimum atomic E-state index is -4.65. The predicted molar refractivity (Wildman–Crippen MR) is 64.5 cm³/mol. The molecule has 110 valence electrons. The number of hydrogen-bond acceptors (Lipinski definition) is 3. The zero-order valence-electron chi connectivity index (χ0n) is 11.0. The van der Waals surface area contributed by atoms with E-state index in [0.717, 1.165) is 0 Å². The Morgan fingerprint density at radius 3 is 2.63 bits per heavy atom. The lowest BCUT2D eigenvalue weighted by atomic mass is 10.0. The molecule has 1 amide bonds. The first-order valence-corrected chi connectivity index (χ1v) is 6.05. The van der Waals surface area contributed by atoms with Crippen molar-refractivity contribution in [2.45, 2.75) is 37.1 Å². The van der Waals surface area contributed by atoms with Crippen LogP contribution in [0.25, 0.3) is 0 Å². The molecule has 0 aromatic heterocycles. The highest BCUT2D eigenvalue weighted by Gasteiger charge is 2.57. The van der Waals surface area contributed by atoms with Crippen LogP contribution in [0.15, 0.2) is 12.2 Å². The molecule has 1 rings (SSSR count). The number of hydrogen-bond donors (Lipinski definition) is 2. The third kappa shape index (κ3) is 4.50. The summed E-state index contributed by atoms with van der Waals surface area (Å²) >= 11 is 0. The van der Waals surface area contributed by atoms with Crippen LogP contribution in [0.1, 0.15) is 19.3 Å². The molecule has 1 saturated carbocycles. The van der Waals surface area contributed by atoms with Crippen LogP contribution in [-0.2, 0) is 4.79 Å². The van der Waals surface area contributed by atoms with Gasteiger partial charge >= 0.3 is 6.18 Å². The number of carbonyl (C=O) groups excluding carboxylic acids is 1. The molecule has 0 radical (unpaired) electrons. The average molecular weight is 280 g/mol. The lowest BCUT2D eigenvalue weighted by Crippen LogP contribution is -2.44. The fraction of sp³-hybridized carbons (Fsp3) is 0.750. The Bertz CT molecular complexity index is 355. The maximum atomic E-state index is 12.6. The molecule has 4 nitrogen and oxygen atoms in total. The topological polar surface area (TPSA) is 52.6 Å². The third-order valence-electron chi connectivity index (χ3n) is 3.10. The lowest BCUT2D eigenvalue weighted by molar-refractivity contribution is -0.257. The van der Waals surface area contributed by atoms with E-state index in [-0.39, 0.29) is 12.8 Å². The fourth-order valence-electron chi connectivity index (χ4n) is 2.03. The van der Waals surface area contributed by atoms with Gasteiger partial charge in [-0.1, -0.05) is 6.08 Å². The van der Waals surface area contributed by atoms with Crippen molar-refractivity contribution in [3.63, 3.8) is 0 Å². The van der Waals surface area contributed by atoms with Gasteiger partial charge in [0.05, 0.1) is 0 Å². The molecule has 2 N–H and O–H groups in total. The maximum Gasteiger partial charge on any atom is 0.417 e. The van der Waals surface area contributed by atoms with E-state index in [9.17, 15) is 23.1 Å². The van der Waals surface area contributed by atoms with E-state index in [0.29, 0.717) is 6.54 Å². The molecular formula is C12H19F3N2O2. The first-order chi connectivity index (χ1) is 8.64. The van der Waals surface area contributed by atoms with Crippen LogP contribution in [0, 0.1) is 0 Å². The molecule has 7 heteroatoms. The van der Waals surface area contributed by atoms with Crippen LogP contribution in [-0.4, -0.2) is 54.4 Å². The summed E-state index contributed by atoms with van der Waals surface area (Å²) in [5, 5.41) is 11.9. The zero-order chi connectivity index (χ0) is 14.7. The Morgan fingerprint density at radius 1 is 1.53 bits per heavy atom. The molecule has 0 aliphatic heterocycles. The van der Waals surface area contributed by atoms with Crippen molar-refractivity contribution in [1.82, 2.24) is 10.2 Å². The molecule has 2 atom stereocenters. The number of likely N-dealkylation sites (N-methyl/N-ethyl adjacent to an activating group) is 1. The minimum Gasteiger partial charge on any atom is -0.380 e. The van der Waals surface area contributed by atoms with Crippen molar-refractivity contribution in [3.05, 3.63) is 12.2 Å². The van der Waals surface area contributed by atoms with Gasteiger partial charge in [-0.2, -0.15) is 13.2 Å². The van der Waals surface area contributed by atoms with Gasteiger partial charge < -0.3 is 15.3 Å². The minimum absolute atomic E-state index is 0.128. The normalized spacial score (nSPS) is 28.3. The largest absolute Gasteiger partial charge is 0.417 e. The van der Waals surface area contributed by atoms with E-state index in [1.165, 1.54) is 6.08 Å². The van der Waals surface area contributed by atoms with Gasteiger partial charge in [0.2, 0.25) is 5.91 Å². The van der Waals surface area contributed by atoms with Gasteiger partial charge in [-0.3, -0.25) is 4.79 Å². The zero-order valence-corrected chi connectivity index (χ0v) is 11.0. The summed E-state index contributed by atoms with van der Waals surface area (Å²) in [6, 6.07) is -0.636. The van der Waals surface area contributed by atoms with Crippen molar-refractivity contribution < 1.29 is 23.1 Å². The number of carbonyl (C=O) groups is 1. The molecule has 1 fully saturated rings. The first kappa shape index (κ1) is 16.0. The summed E-state index contributed by atoms with van der Waals surface area (Å²) in [5.41, 5.74) is -2.67. The predicted octanol–water partition coefficient (Wildman–Crippen LogP) is 1.07. The van der Waals surface area contributed by atoms with Crippen LogP contribution in [0.4, 0.5) is 13.2 Å². The highest BCUT2D eigenvalue weighted by Crippen LogP contribution is 2.42. The molecule has 0 heterocycles. The second-order valence-electron chi connectivity index (χ2n) is 5.14. The molecule has 1 aliphatic rings. The van der Waals surface area contributed by atoms with E-state index in [1.54, 1.807) is 6.08 Å². The smallest absolute Gasteiger partial charge is 0.380 e. The summed E-state index contributed by atoms with van der Waals surface area (Å²) in [6.07, 6.45) is -2.45. The van der Waals surface area contributed by atoms with E-state index < -0.39 is 30.1 Å². The van der Waals surface area contributed by atoms with Gasteiger partial charge in [0.25, 0.3) is 0 Å². The van der Waals surface area contributed by atoms with E-state index in [1.807, 2.05) is 19.0 Å². The Labute approximate surface area is 110 Å². The molecule has 19 heavy (non-hydrogen) atoms. The van der Waals surface area contributed by atoms with Gasteiger partial charge in [-0.05, 0) is 26.9 Å². The van der Waals surface area contributed by atoms with E-state index in [2.05, 4.69) is 5.32 Å². The van der Waals surface area contributed by atoms with Gasteiger partial charge in [-0.15, -0.1) is 0 Å². The van der Waals surface area contributed by atoms with E-state index in [4.69, 9.17) is 0 Å². The summed E-state index contributed by atoms with van der Waals surface area (Å²) in [6.45, 7) is 0.574. The Balaban J connectivity index is 2.44. The van der Waals surface area contributed by atoms with Crippen molar-refractivity contribution in [1.29, 1.82) is 0 Å². The van der Waals surface area contributed by atoms with Gasteiger partial charge in [0.15, 0.2) is 5.60 Å². The van der Waals surface area contributed by atoms with Crippen LogP contribution in [0.5, 0.6) is 0 Å². The fourth-order valence-corrected chi connectivity index (χ4v) is 2.03. The molecular weight excluding hydrogens is 261 g/mol. The number of nitrogens with zero attached hydrogens (tertiary/aromatic N) is 1. The van der Waals surface area contributed by atoms with Gasteiger partial charge in [0.1, 0.15) is 0 Å². The summed E-state index contributed by atoms with van der Waals surface area (Å²) in [7, 11) is 3.67. The molecule has 1 aliphatic carbocycles. The number of amides is 1. The highest BCUT2D eigenvalue weighted by molar-refractivity contribution is 5.87. The van der Waals surface area contributed by atoms with Crippen LogP contribution < -0.4 is 5.32 Å². The van der Waals surface area contributed by atoms with Crippen molar-refractivity contribution in [2.24, 2.45) is 0 Å². The second kappa shape index (κ2) is 5.92. The summed E-state index contributed by atoms with van der Waals surface area (Å²) < 4.78 is 37.7. The molecule has 0 spiro atoms. The molecule has 0 aromatic rings. The quantitative estimate of drug-likeness (QED) is 0.757. The highest BCUT2D eigenvalue weighted by atomic mass is 19.4. The molecule has 0 aromatic carbocycles. The van der Waals surface area contributed by atoms with Gasteiger partial charge in [-0.25, -0.2) is 0 Å². The number of alkyl halides is 3. The number of rotatable bonds is 4. The Morgan fingerprint density at radius 2 is 2.16 bits per heavy atom. The molecule has 2 unspecified atom stereocenters. The summed E-state index contributed by atoms with van der Waals surface area (Å²) in [5.74, 6) is -0.432. The van der Waals surface area contributed by atoms with Crippen molar-refractivity contribution >= 4 is 5.91 Å². The maximum absolute atomic E-state index is 12.6. The molecule has 0 bridgehead atoms. The van der Waals surface area contributed by atoms with Crippen LogP contribution in [0.2, 0.25) is 0 Å². The first-order valence-electron chi connectivity index (χ1n) is 6.05. The number of nitrogens with one attached hydrogen (secondary N) is 1. The summed E-state index contributed by atoms with van der Waals surface area (Å²) in [4.78, 5) is 13.3. The van der Waals surface area contributed by atoms with Crippen molar-refractivity contribution in [3.8, 4) is 0 Å². The van der Waals surface area contributed by atoms with Gasteiger partial charge in [0, 0.05) is 25.1 Å².